The van der Waals surface area contributed by atoms with Crippen molar-refractivity contribution in [2.45, 2.75) is 44.4 Å². The van der Waals surface area contributed by atoms with Gasteiger partial charge >= 0.3 is 0 Å². The highest BCUT2D eigenvalue weighted by Gasteiger charge is 2.32. The molecular formula is C17H26N2O. The fraction of sp³-hybridized carbons (Fsp3) is 0.647. The van der Waals surface area contributed by atoms with Gasteiger partial charge in [-0.05, 0) is 37.9 Å². The van der Waals surface area contributed by atoms with Crippen molar-refractivity contribution in [3.05, 3.63) is 35.9 Å². The van der Waals surface area contributed by atoms with Crippen LogP contribution in [0.25, 0.3) is 0 Å². The van der Waals surface area contributed by atoms with Crippen LogP contribution in [0.4, 0.5) is 0 Å². The minimum atomic E-state index is -0.189. The van der Waals surface area contributed by atoms with Crippen molar-refractivity contribution in [1.82, 2.24) is 9.80 Å². The lowest BCUT2D eigenvalue weighted by molar-refractivity contribution is -0.0213. The zero-order chi connectivity index (χ0) is 13.8. The molecule has 0 bridgehead atoms. The van der Waals surface area contributed by atoms with Crippen LogP contribution in [-0.2, 0) is 6.54 Å². The smallest absolute Gasteiger partial charge is 0.0822 e. The Labute approximate surface area is 122 Å². The lowest BCUT2D eigenvalue weighted by Gasteiger charge is -2.43. The summed E-state index contributed by atoms with van der Waals surface area (Å²) in [4.78, 5) is 4.91. The van der Waals surface area contributed by atoms with Crippen LogP contribution in [0.2, 0.25) is 0 Å². The molecule has 0 aliphatic carbocycles. The van der Waals surface area contributed by atoms with Crippen molar-refractivity contribution < 1.29 is 5.11 Å². The van der Waals surface area contributed by atoms with E-state index in [2.05, 4.69) is 40.1 Å². The summed E-state index contributed by atoms with van der Waals surface area (Å²) in [7, 11) is 0. The van der Waals surface area contributed by atoms with Gasteiger partial charge in [-0.3, -0.25) is 9.80 Å². The Morgan fingerprint density at radius 1 is 1.00 bits per heavy atom. The molecule has 1 aromatic carbocycles. The fourth-order valence-corrected chi connectivity index (χ4v) is 3.65. The van der Waals surface area contributed by atoms with Gasteiger partial charge in [-0.1, -0.05) is 36.8 Å². The number of hydrogen-bond acceptors (Lipinski definition) is 3. The quantitative estimate of drug-likeness (QED) is 0.914. The normalized spacial score (nSPS) is 29.4. The highest BCUT2D eigenvalue weighted by Crippen LogP contribution is 2.22. The Hall–Kier alpha value is -0.900. The summed E-state index contributed by atoms with van der Waals surface area (Å²) in [5.74, 6) is 0. The van der Waals surface area contributed by atoms with Crippen LogP contribution in [0.15, 0.2) is 30.3 Å². The molecule has 0 radical (unpaired) electrons. The summed E-state index contributed by atoms with van der Waals surface area (Å²) in [6, 6.07) is 11.0. The van der Waals surface area contributed by atoms with Gasteiger partial charge in [0.25, 0.3) is 0 Å². The van der Waals surface area contributed by atoms with E-state index < -0.39 is 0 Å². The van der Waals surface area contributed by atoms with E-state index in [4.69, 9.17) is 0 Å². The van der Waals surface area contributed by atoms with Gasteiger partial charge < -0.3 is 5.11 Å². The molecule has 2 saturated heterocycles. The average Bonchev–Trinajstić information content (AvgIpc) is 2.49. The first kappa shape index (κ1) is 14.1. The molecule has 3 rings (SSSR count). The number of likely N-dealkylation sites (tertiary alicyclic amines) is 2. The van der Waals surface area contributed by atoms with E-state index in [1.165, 1.54) is 37.9 Å². The Balaban J connectivity index is 1.53. The third-order valence-electron chi connectivity index (χ3n) is 4.74. The van der Waals surface area contributed by atoms with Crippen molar-refractivity contribution in [1.29, 1.82) is 0 Å². The van der Waals surface area contributed by atoms with Crippen LogP contribution < -0.4 is 0 Å². The fourth-order valence-electron chi connectivity index (χ4n) is 3.65. The molecule has 3 nitrogen and oxygen atoms in total. The predicted octanol–water partition coefficient (Wildman–Crippen LogP) is 2.11. The topological polar surface area (TPSA) is 26.7 Å². The molecule has 2 fully saturated rings. The summed E-state index contributed by atoms with van der Waals surface area (Å²) in [6.07, 6.45) is 4.88. The van der Waals surface area contributed by atoms with Gasteiger partial charge in [-0.15, -0.1) is 0 Å². The highest BCUT2D eigenvalue weighted by atomic mass is 16.3. The number of rotatable bonds is 3. The van der Waals surface area contributed by atoms with E-state index in [-0.39, 0.29) is 6.10 Å². The maximum atomic E-state index is 10.5. The van der Waals surface area contributed by atoms with E-state index in [1.807, 2.05) is 0 Å². The first-order valence-electron chi connectivity index (χ1n) is 8.01. The third kappa shape index (κ3) is 3.40. The Morgan fingerprint density at radius 3 is 2.45 bits per heavy atom. The standard InChI is InChI=1S/C17H26N2O/c20-17-14-18(13-15-7-3-1-4-8-15)12-9-16(17)19-10-5-2-6-11-19/h1,3-4,7-8,16-17,20H,2,5-6,9-14H2. The number of β-amino-alcohol motifs (C(OH)–C–C–N with tert-alkyl or cyclic N) is 1. The Bertz CT molecular complexity index is 403. The minimum absolute atomic E-state index is 0.189. The number of aliphatic hydroxyl groups excluding tert-OH is 1. The highest BCUT2D eigenvalue weighted by molar-refractivity contribution is 5.14. The van der Waals surface area contributed by atoms with Crippen LogP contribution in [0.1, 0.15) is 31.2 Å². The maximum Gasteiger partial charge on any atom is 0.0822 e. The lowest BCUT2D eigenvalue weighted by atomic mass is 9.97. The van der Waals surface area contributed by atoms with Gasteiger partial charge in [0.1, 0.15) is 0 Å². The number of hydrogen-bond donors (Lipinski definition) is 1. The molecule has 0 amide bonds. The van der Waals surface area contributed by atoms with Gasteiger partial charge in [0.15, 0.2) is 0 Å². The van der Waals surface area contributed by atoms with Crippen molar-refractivity contribution in [2.75, 3.05) is 26.2 Å². The van der Waals surface area contributed by atoms with Crippen LogP contribution in [0.5, 0.6) is 0 Å². The Morgan fingerprint density at radius 2 is 1.75 bits per heavy atom. The molecule has 2 heterocycles. The van der Waals surface area contributed by atoms with Gasteiger partial charge in [-0.25, -0.2) is 0 Å². The number of aliphatic hydroxyl groups is 1. The summed E-state index contributed by atoms with van der Waals surface area (Å²) in [5, 5.41) is 10.5. The van der Waals surface area contributed by atoms with E-state index >= 15 is 0 Å². The molecule has 2 aliphatic rings. The minimum Gasteiger partial charge on any atom is -0.390 e. The second-order valence-electron chi connectivity index (χ2n) is 6.24. The van der Waals surface area contributed by atoms with Gasteiger partial charge in [-0.2, -0.15) is 0 Å². The molecule has 2 atom stereocenters. The van der Waals surface area contributed by atoms with Crippen molar-refractivity contribution in [2.24, 2.45) is 0 Å². The maximum absolute atomic E-state index is 10.5. The van der Waals surface area contributed by atoms with Gasteiger partial charge in [0.2, 0.25) is 0 Å². The SMILES string of the molecule is OC1CN(Cc2ccccc2)CCC1N1CCCCC1. The molecule has 0 saturated carbocycles. The summed E-state index contributed by atoms with van der Waals surface area (Å²) in [6.45, 7) is 5.24. The molecular weight excluding hydrogens is 248 g/mol. The van der Waals surface area contributed by atoms with E-state index in [9.17, 15) is 5.11 Å². The van der Waals surface area contributed by atoms with Crippen LogP contribution in [-0.4, -0.2) is 53.2 Å². The number of nitrogens with zero attached hydrogens (tertiary/aromatic N) is 2. The zero-order valence-corrected chi connectivity index (χ0v) is 12.2. The van der Waals surface area contributed by atoms with Crippen LogP contribution in [0, 0.1) is 0 Å². The second kappa shape index (κ2) is 6.70. The Kier molecular flexibility index (Phi) is 4.71. The van der Waals surface area contributed by atoms with E-state index in [0.717, 1.165) is 26.1 Å². The van der Waals surface area contributed by atoms with Gasteiger partial charge in [0.05, 0.1) is 6.10 Å². The summed E-state index contributed by atoms with van der Waals surface area (Å²) in [5.41, 5.74) is 1.34. The first-order valence-corrected chi connectivity index (χ1v) is 8.01. The monoisotopic (exact) mass is 274 g/mol. The van der Waals surface area contributed by atoms with Crippen LogP contribution >= 0.6 is 0 Å². The number of benzene rings is 1. The second-order valence-corrected chi connectivity index (χ2v) is 6.24. The molecule has 20 heavy (non-hydrogen) atoms. The van der Waals surface area contributed by atoms with E-state index in [1.54, 1.807) is 0 Å². The molecule has 1 aromatic rings. The molecule has 1 N–H and O–H groups in total. The molecule has 2 aliphatic heterocycles. The first-order chi connectivity index (χ1) is 9.83. The van der Waals surface area contributed by atoms with Crippen molar-refractivity contribution >= 4 is 0 Å². The average molecular weight is 274 g/mol. The van der Waals surface area contributed by atoms with Crippen molar-refractivity contribution in [3.8, 4) is 0 Å². The summed E-state index contributed by atoms with van der Waals surface area (Å²) >= 11 is 0. The largest absolute Gasteiger partial charge is 0.390 e. The van der Waals surface area contributed by atoms with Crippen molar-refractivity contribution in [3.63, 3.8) is 0 Å². The van der Waals surface area contributed by atoms with E-state index in [0.29, 0.717) is 6.04 Å². The van der Waals surface area contributed by atoms with Gasteiger partial charge in [0, 0.05) is 25.7 Å². The van der Waals surface area contributed by atoms with Crippen LogP contribution in [0.3, 0.4) is 0 Å². The lowest BCUT2D eigenvalue weighted by Crippen LogP contribution is -2.55. The predicted molar refractivity (Wildman–Crippen MR) is 81.6 cm³/mol. The zero-order valence-electron chi connectivity index (χ0n) is 12.2. The molecule has 110 valence electrons. The number of piperidine rings is 2. The molecule has 0 spiro atoms. The third-order valence-corrected chi connectivity index (χ3v) is 4.74. The summed E-state index contributed by atoms with van der Waals surface area (Å²) < 4.78 is 0. The molecule has 0 aromatic heterocycles. The molecule has 2 unspecified atom stereocenters. The molecule has 3 heteroatoms.